The highest BCUT2D eigenvalue weighted by molar-refractivity contribution is 6.75. The highest BCUT2D eigenvalue weighted by atomic mass is 35.6. The van der Waals surface area contributed by atoms with Gasteiger partial charge in [-0.1, -0.05) is 77.8 Å². The molecule has 21 heavy (non-hydrogen) atoms. The van der Waals surface area contributed by atoms with Gasteiger partial charge in [0.05, 0.1) is 0 Å². The van der Waals surface area contributed by atoms with E-state index < -0.39 is 18.9 Å². The number of nitro groups is 1. The SMILES string of the molecule is CCCCCCn1nnc(C(Cl)(Cl)C(Cl)(Cl)Cl)c1[N+](=O)[O-]. The molecule has 1 heterocycles. The summed E-state index contributed by atoms with van der Waals surface area (Å²) in [5.41, 5.74) is -0.383. The molecule has 120 valence electrons. The van der Waals surface area contributed by atoms with Gasteiger partial charge in [-0.2, -0.15) is 0 Å². The lowest BCUT2D eigenvalue weighted by atomic mass is 10.2. The molecule has 0 amide bonds. The molecule has 11 heteroatoms. The third-order valence-electron chi connectivity index (χ3n) is 2.76. The fourth-order valence-corrected chi connectivity index (χ4v) is 2.18. The Kier molecular flexibility index (Phi) is 6.80. The van der Waals surface area contributed by atoms with Crippen LogP contribution in [0.5, 0.6) is 0 Å². The first kappa shape index (κ1) is 19.0. The minimum absolute atomic E-state index is 0.313. The van der Waals surface area contributed by atoms with Crippen LogP contribution in [0.1, 0.15) is 38.3 Å². The van der Waals surface area contributed by atoms with Crippen LogP contribution >= 0.6 is 58.0 Å². The van der Waals surface area contributed by atoms with Gasteiger partial charge in [0.15, 0.2) is 0 Å². The minimum atomic E-state index is -2.19. The Balaban J connectivity index is 3.08. The second-order valence-electron chi connectivity index (χ2n) is 4.37. The number of rotatable bonds is 7. The van der Waals surface area contributed by atoms with Gasteiger partial charge in [-0.3, -0.25) is 0 Å². The van der Waals surface area contributed by atoms with Crippen molar-refractivity contribution in [3.05, 3.63) is 15.8 Å². The average molecular weight is 399 g/mol. The van der Waals surface area contributed by atoms with E-state index in [9.17, 15) is 10.1 Å². The van der Waals surface area contributed by atoms with Crippen LogP contribution in [0.25, 0.3) is 0 Å². The summed E-state index contributed by atoms with van der Waals surface area (Å²) in [5, 5.41) is 18.5. The lowest BCUT2D eigenvalue weighted by molar-refractivity contribution is -0.393. The lowest BCUT2D eigenvalue weighted by Crippen LogP contribution is -2.29. The van der Waals surface area contributed by atoms with Gasteiger partial charge in [0.1, 0.15) is 6.54 Å². The number of halogens is 5. The van der Waals surface area contributed by atoms with E-state index in [1.807, 2.05) is 0 Å². The van der Waals surface area contributed by atoms with Crippen molar-refractivity contribution in [1.82, 2.24) is 15.0 Å². The van der Waals surface area contributed by atoms with Gasteiger partial charge in [0.25, 0.3) is 0 Å². The minimum Gasteiger partial charge on any atom is -0.358 e. The van der Waals surface area contributed by atoms with Gasteiger partial charge in [0.2, 0.25) is 13.8 Å². The second kappa shape index (κ2) is 7.51. The van der Waals surface area contributed by atoms with Gasteiger partial charge in [-0.25, -0.2) is 0 Å². The van der Waals surface area contributed by atoms with E-state index in [0.29, 0.717) is 13.0 Å². The van der Waals surface area contributed by atoms with Crippen molar-refractivity contribution in [2.24, 2.45) is 0 Å². The monoisotopic (exact) mass is 396 g/mol. The van der Waals surface area contributed by atoms with E-state index in [1.54, 1.807) is 0 Å². The summed E-state index contributed by atoms with van der Waals surface area (Å²) in [5.74, 6) is -0.470. The summed E-state index contributed by atoms with van der Waals surface area (Å²) in [4.78, 5) is 10.5. The number of aryl methyl sites for hydroxylation is 1. The smallest absolute Gasteiger partial charge is 0.358 e. The molecule has 0 fully saturated rings. The maximum absolute atomic E-state index is 11.2. The van der Waals surface area contributed by atoms with Gasteiger partial charge in [0, 0.05) is 5.21 Å². The van der Waals surface area contributed by atoms with Crippen molar-refractivity contribution in [1.29, 1.82) is 0 Å². The Morgan fingerprint density at radius 2 is 1.81 bits per heavy atom. The van der Waals surface area contributed by atoms with Crippen molar-refractivity contribution < 1.29 is 4.92 Å². The molecule has 0 saturated carbocycles. The standard InChI is InChI=1S/C10H13Cl5N4O2/c1-2-3-4-5-6-18-8(19(20)21)7(16-17-18)9(11,12)10(13,14)15/h2-6H2,1H3. The van der Waals surface area contributed by atoms with Crippen LogP contribution < -0.4 is 0 Å². The molecule has 6 nitrogen and oxygen atoms in total. The predicted molar refractivity (Wildman–Crippen MR) is 84.5 cm³/mol. The van der Waals surface area contributed by atoms with Crippen LogP contribution in [0, 0.1) is 10.1 Å². The molecule has 0 atom stereocenters. The summed E-state index contributed by atoms with van der Waals surface area (Å²) in [7, 11) is 0. The summed E-state index contributed by atoms with van der Waals surface area (Å²) >= 11 is 28.8. The van der Waals surface area contributed by atoms with E-state index in [1.165, 1.54) is 0 Å². The molecular weight excluding hydrogens is 385 g/mol. The maximum Gasteiger partial charge on any atom is 0.371 e. The van der Waals surface area contributed by atoms with Crippen LogP contribution in [0.4, 0.5) is 5.82 Å². The topological polar surface area (TPSA) is 73.8 Å². The molecule has 0 bridgehead atoms. The molecule has 1 rings (SSSR count). The molecular formula is C10H13Cl5N4O2. The van der Waals surface area contributed by atoms with Crippen molar-refractivity contribution in [2.75, 3.05) is 0 Å². The van der Waals surface area contributed by atoms with Crippen molar-refractivity contribution in [3.63, 3.8) is 0 Å². The van der Waals surface area contributed by atoms with Crippen molar-refractivity contribution in [3.8, 4) is 0 Å². The highest BCUT2D eigenvalue weighted by Crippen LogP contribution is 2.54. The molecule has 0 aliphatic heterocycles. The van der Waals surface area contributed by atoms with Crippen molar-refractivity contribution in [2.45, 2.75) is 47.3 Å². The first-order valence-electron chi connectivity index (χ1n) is 6.15. The third kappa shape index (κ3) is 4.48. The number of hydrogen-bond acceptors (Lipinski definition) is 4. The fraction of sp³-hybridized carbons (Fsp3) is 0.800. The Morgan fingerprint density at radius 3 is 2.29 bits per heavy atom. The van der Waals surface area contributed by atoms with Gasteiger partial charge >= 0.3 is 5.82 Å². The molecule has 0 spiro atoms. The molecule has 1 aromatic rings. The number of hydrogen-bond donors (Lipinski definition) is 0. The van der Waals surface area contributed by atoms with E-state index in [2.05, 4.69) is 17.2 Å². The summed E-state index contributed by atoms with van der Waals surface area (Å²) in [6, 6.07) is 0. The Hall–Kier alpha value is -0.0100. The Labute approximate surface area is 146 Å². The quantitative estimate of drug-likeness (QED) is 0.287. The zero-order chi connectivity index (χ0) is 16.3. The van der Waals surface area contributed by atoms with Crippen molar-refractivity contribution >= 4 is 63.8 Å². The predicted octanol–water partition coefficient (Wildman–Crippen LogP) is 4.77. The zero-order valence-electron chi connectivity index (χ0n) is 11.0. The van der Waals surface area contributed by atoms with Gasteiger partial charge in [-0.15, -0.1) is 9.78 Å². The van der Waals surface area contributed by atoms with Crippen LogP contribution in [-0.2, 0) is 10.9 Å². The highest BCUT2D eigenvalue weighted by Gasteiger charge is 2.54. The fourth-order valence-electron chi connectivity index (χ4n) is 1.67. The summed E-state index contributed by atoms with van der Waals surface area (Å²) in [6.45, 7) is 2.37. The summed E-state index contributed by atoms with van der Waals surface area (Å²) in [6.07, 6.45) is 3.70. The molecule has 0 aliphatic rings. The zero-order valence-corrected chi connectivity index (χ0v) is 14.8. The van der Waals surface area contributed by atoms with E-state index >= 15 is 0 Å². The second-order valence-corrected chi connectivity index (χ2v) is 7.98. The van der Waals surface area contributed by atoms with Crippen LogP contribution in [0.2, 0.25) is 0 Å². The first-order valence-corrected chi connectivity index (χ1v) is 8.04. The molecule has 1 aromatic heterocycles. The van der Waals surface area contributed by atoms with Gasteiger partial charge in [-0.05, 0) is 17.8 Å². The number of nitrogens with zero attached hydrogens (tertiary/aromatic N) is 4. The number of aromatic nitrogens is 3. The normalized spacial score (nSPS) is 12.7. The van der Waals surface area contributed by atoms with E-state index in [-0.39, 0.29) is 5.69 Å². The van der Waals surface area contributed by atoms with Crippen LogP contribution in [0.15, 0.2) is 0 Å². The molecule has 0 unspecified atom stereocenters. The number of alkyl halides is 5. The third-order valence-corrected chi connectivity index (χ3v) is 5.11. The van der Waals surface area contributed by atoms with Crippen LogP contribution in [0.3, 0.4) is 0 Å². The average Bonchev–Trinajstić information content (AvgIpc) is 2.77. The van der Waals surface area contributed by atoms with Gasteiger partial charge < -0.3 is 10.1 Å². The van der Waals surface area contributed by atoms with Crippen LogP contribution in [-0.4, -0.2) is 23.7 Å². The maximum atomic E-state index is 11.2. The molecule has 0 saturated heterocycles. The molecule has 0 N–H and O–H groups in total. The molecule has 0 aliphatic carbocycles. The number of unbranched alkanes of at least 4 members (excludes halogenated alkanes) is 3. The first-order chi connectivity index (χ1) is 9.63. The lowest BCUT2D eigenvalue weighted by Gasteiger charge is -2.24. The summed E-state index contributed by atoms with van der Waals surface area (Å²) < 4.78 is -3.26. The Bertz CT molecular complexity index is 500. The largest absolute Gasteiger partial charge is 0.371 e. The van der Waals surface area contributed by atoms with E-state index in [0.717, 1.165) is 23.9 Å². The molecule has 0 radical (unpaired) electrons. The molecule has 0 aromatic carbocycles. The Morgan fingerprint density at radius 1 is 1.19 bits per heavy atom. The van der Waals surface area contributed by atoms with E-state index in [4.69, 9.17) is 58.0 Å².